The van der Waals surface area contributed by atoms with Crippen LogP contribution in [-0.4, -0.2) is 52.5 Å². The summed E-state index contributed by atoms with van der Waals surface area (Å²) in [6, 6.07) is 5.73. The fourth-order valence-corrected chi connectivity index (χ4v) is 6.70. The minimum atomic E-state index is -0.840. The number of carbonyl (C=O) groups is 2. The Morgan fingerprint density at radius 2 is 2.00 bits per heavy atom. The molecule has 0 spiro atoms. The molecule has 38 heavy (non-hydrogen) atoms. The minimum Gasteiger partial charge on any atom is -0.458 e. The van der Waals surface area contributed by atoms with Gasteiger partial charge in [-0.15, -0.1) is 0 Å². The summed E-state index contributed by atoms with van der Waals surface area (Å²) < 4.78 is 10.7. The SMILES string of the molecule is C=C1CCC2[C@](C)(CO)[C@H](O)CC[C@@]2(C)[C@@H]1CC=C1C(=O)OC[C@H]1OC(=O)C=Cc1ccc([N+](=O)[O-])cc1. The van der Waals surface area contributed by atoms with E-state index in [1.54, 1.807) is 6.08 Å². The van der Waals surface area contributed by atoms with Crippen molar-refractivity contribution in [3.05, 3.63) is 69.8 Å². The molecule has 1 heterocycles. The van der Waals surface area contributed by atoms with E-state index in [1.165, 1.54) is 36.4 Å². The van der Waals surface area contributed by atoms with Gasteiger partial charge < -0.3 is 19.7 Å². The maximum Gasteiger partial charge on any atom is 0.337 e. The average Bonchev–Trinajstić information content (AvgIpc) is 3.23. The number of nitro benzene ring substituents is 1. The molecule has 6 atom stereocenters. The molecule has 2 saturated carbocycles. The number of cyclic esters (lactones) is 1. The lowest BCUT2D eigenvalue weighted by molar-refractivity contribution is -0.384. The average molecular weight is 526 g/mol. The molecule has 2 aliphatic carbocycles. The van der Waals surface area contributed by atoms with Crippen molar-refractivity contribution in [2.75, 3.05) is 13.2 Å². The lowest BCUT2D eigenvalue weighted by atomic mass is 9.46. The van der Waals surface area contributed by atoms with Crippen LogP contribution >= 0.6 is 0 Å². The van der Waals surface area contributed by atoms with Crippen LogP contribution in [0.25, 0.3) is 6.08 Å². The largest absolute Gasteiger partial charge is 0.458 e. The van der Waals surface area contributed by atoms with Gasteiger partial charge in [0.1, 0.15) is 6.61 Å². The zero-order chi connectivity index (χ0) is 27.7. The predicted molar refractivity (Wildman–Crippen MR) is 140 cm³/mol. The van der Waals surface area contributed by atoms with Crippen molar-refractivity contribution >= 4 is 23.7 Å². The summed E-state index contributed by atoms with van der Waals surface area (Å²) in [6.45, 7) is 8.31. The van der Waals surface area contributed by atoms with E-state index in [1.807, 2.05) is 6.92 Å². The molecule has 1 aromatic rings. The number of ether oxygens (including phenoxy) is 2. The molecule has 204 valence electrons. The fourth-order valence-electron chi connectivity index (χ4n) is 6.70. The van der Waals surface area contributed by atoms with Gasteiger partial charge in [0, 0.05) is 23.6 Å². The number of fused-ring (bicyclic) bond motifs is 1. The van der Waals surface area contributed by atoms with Crippen molar-refractivity contribution in [3.63, 3.8) is 0 Å². The number of nitrogens with zero attached hydrogens (tertiary/aromatic N) is 1. The molecule has 3 fully saturated rings. The van der Waals surface area contributed by atoms with Gasteiger partial charge in [-0.25, -0.2) is 9.59 Å². The highest BCUT2D eigenvalue weighted by molar-refractivity contribution is 5.93. The molecule has 0 amide bonds. The zero-order valence-electron chi connectivity index (χ0n) is 21.8. The molecule has 9 heteroatoms. The number of nitro groups is 1. The van der Waals surface area contributed by atoms with Crippen LogP contribution in [0.5, 0.6) is 0 Å². The molecule has 0 bridgehead atoms. The number of aliphatic hydroxyl groups excluding tert-OH is 2. The summed E-state index contributed by atoms with van der Waals surface area (Å²) in [7, 11) is 0. The number of esters is 2. The maximum absolute atomic E-state index is 12.5. The van der Waals surface area contributed by atoms with Gasteiger partial charge in [0.2, 0.25) is 0 Å². The van der Waals surface area contributed by atoms with Crippen LogP contribution < -0.4 is 0 Å². The van der Waals surface area contributed by atoms with Gasteiger partial charge in [0.05, 0.1) is 23.2 Å². The number of aliphatic hydroxyl groups is 2. The third kappa shape index (κ3) is 5.17. The summed E-state index contributed by atoms with van der Waals surface area (Å²) in [5, 5.41) is 31.7. The summed E-state index contributed by atoms with van der Waals surface area (Å²) in [5.41, 5.74) is 1.12. The lowest BCUT2D eigenvalue weighted by Gasteiger charge is -2.59. The Morgan fingerprint density at radius 3 is 2.66 bits per heavy atom. The summed E-state index contributed by atoms with van der Waals surface area (Å²) in [5.74, 6) is -1.04. The fraction of sp³-hybridized carbons (Fsp3) is 0.517. The van der Waals surface area contributed by atoms with E-state index in [-0.39, 0.29) is 36.2 Å². The van der Waals surface area contributed by atoms with E-state index in [2.05, 4.69) is 13.5 Å². The van der Waals surface area contributed by atoms with Gasteiger partial charge in [-0.1, -0.05) is 32.1 Å². The van der Waals surface area contributed by atoms with E-state index in [9.17, 15) is 29.9 Å². The molecule has 0 radical (unpaired) electrons. The third-order valence-corrected chi connectivity index (χ3v) is 8.99. The van der Waals surface area contributed by atoms with Gasteiger partial charge in [0.25, 0.3) is 5.69 Å². The zero-order valence-corrected chi connectivity index (χ0v) is 21.8. The maximum atomic E-state index is 12.5. The highest BCUT2D eigenvalue weighted by Crippen LogP contribution is 2.61. The van der Waals surface area contributed by atoms with E-state index in [0.717, 1.165) is 24.8 Å². The number of benzene rings is 1. The number of carbonyl (C=O) groups excluding carboxylic acids is 2. The van der Waals surface area contributed by atoms with Crippen molar-refractivity contribution in [3.8, 4) is 0 Å². The van der Waals surface area contributed by atoms with Crippen molar-refractivity contribution in [2.24, 2.45) is 22.7 Å². The first-order chi connectivity index (χ1) is 18.0. The van der Waals surface area contributed by atoms with E-state index < -0.39 is 34.5 Å². The molecule has 1 aliphatic heterocycles. The van der Waals surface area contributed by atoms with Gasteiger partial charge in [0.15, 0.2) is 6.10 Å². The van der Waals surface area contributed by atoms with E-state index >= 15 is 0 Å². The second kappa shape index (κ2) is 10.8. The summed E-state index contributed by atoms with van der Waals surface area (Å²) in [4.78, 5) is 35.2. The summed E-state index contributed by atoms with van der Waals surface area (Å²) >= 11 is 0. The van der Waals surface area contributed by atoms with Crippen LogP contribution in [0.2, 0.25) is 0 Å². The first-order valence-electron chi connectivity index (χ1n) is 13.0. The topological polar surface area (TPSA) is 136 Å². The molecule has 0 aromatic heterocycles. The Bertz CT molecular complexity index is 1170. The van der Waals surface area contributed by atoms with Crippen LogP contribution in [0.1, 0.15) is 51.5 Å². The molecule has 1 saturated heterocycles. The molecule has 1 aromatic carbocycles. The second-order valence-electron chi connectivity index (χ2n) is 11.1. The number of allylic oxidation sites excluding steroid dienone is 2. The number of hydrogen-bond donors (Lipinski definition) is 2. The van der Waals surface area contributed by atoms with Gasteiger partial charge in [-0.2, -0.15) is 0 Å². The quantitative estimate of drug-likeness (QED) is 0.178. The molecule has 9 nitrogen and oxygen atoms in total. The normalized spacial score (nSPS) is 34.3. The Balaban J connectivity index is 1.46. The first-order valence-corrected chi connectivity index (χ1v) is 13.0. The number of rotatable bonds is 7. The van der Waals surface area contributed by atoms with Gasteiger partial charge in [-0.3, -0.25) is 10.1 Å². The Kier molecular flexibility index (Phi) is 7.90. The van der Waals surface area contributed by atoms with E-state index in [4.69, 9.17) is 9.47 Å². The van der Waals surface area contributed by atoms with Crippen molar-refractivity contribution in [1.82, 2.24) is 0 Å². The lowest BCUT2D eigenvalue weighted by Crippen LogP contribution is -2.57. The molecule has 2 N–H and O–H groups in total. The highest BCUT2D eigenvalue weighted by atomic mass is 16.6. The van der Waals surface area contributed by atoms with Crippen LogP contribution in [0, 0.1) is 32.8 Å². The first kappa shape index (κ1) is 27.7. The van der Waals surface area contributed by atoms with Crippen LogP contribution in [0.3, 0.4) is 0 Å². The molecular weight excluding hydrogens is 490 g/mol. The Hall–Kier alpha value is -3.30. The van der Waals surface area contributed by atoms with Gasteiger partial charge in [-0.05, 0) is 73.1 Å². The smallest absolute Gasteiger partial charge is 0.337 e. The third-order valence-electron chi connectivity index (χ3n) is 8.99. The van der Waals surface area contributed by atoms with Gasteiger partial charge >= 0.3 is 11.9 Å². The van der Waals surface area contributed by atoms with E-state index in [0.29, 0.717) is 24.0 Å². The van der Waals surface area contributed by atoms with Crippen molar-refractivity contribution in [1.29, 1.82) is 0 Å². The van der Waals surface area contributed by atoms with Crippen LogP contribution in [-0.2, 0) is 19.1 Å². The minimum absolute atomic E-state index is 0.0407. The standard InChI is InChI=1S/C29H35NO8/c1-18-4-12-24-28(2,15-14-25(32)29(24,3)17-31)22(18)11-10-21-23(16-37-27(21)34)38-26(33)13-7-19-5-8-20(9-6-19)30(35)36/h5-10,13,22-25,31-32H,1,4,11-12,14-17H2,2-3H3/t22-,23-,24?,25-,28+,29+/m1/s1. The molecular formula is C29H35NO8. The van der Waals surface area contributed by atoms with Crippen LogP contribution in [0.15, 0.2) is 54.1 Å². The predicted octanol–water partition coefficient (Wildman–Crippen LogP) is 4.14. The second-order valence-corrected chi connectivity index (χ2v) is 11.1. The van der Waals surface area contributed by atoms with Crippen molar-refractivity contribution < 1.29 is 34.2 Å². The monoisotopic (exact) mass is 525 g/mol. The molecule has 4 rings (SSSR count). The Morgan fingerprint density at radius 1 is 1.29 bits per heavy atom. The number of non-ortho nitro benzene ring substituents is 1. The molecule has 1 unspecified atom stereocenters. The van der Waals surface area contributed by atoms with Crippen LogP contribution in [0.4, 0.5) is 5.69 Å². The molecule has 3 aliphatic rings. The Labute approximate surface area is 222 Å². The highest BCUT2D eigenvalue weighted by Gasteiger charge is 2.57. The summed E-state index contributed by atoms with van der Waals surface area (Å²) in [6.07, 6.45) is 6.60. The number of hydrogen-bond acceptors (Lipinski definition) is 8. The van der Waals surface area contributed by atoms with Crippen molar-refractivity contribution in [2.45, 2.75) is 58.2 Å².